The van der Waals surface area contributed by atoms with Gasteiger partial charge in [0.2, 0.25) is 0 Å². The van der Waals surface area contributed by atoms with E-state index in [0.29, 0.717) is 12.0 Å². The van der Waals surface area contributed by atoms with Crippen LogP contribution in [0.5, 0.6) is 0 Å². The molecule has 0 saturated heterocycles. The summed E-state index contributed by atoms with van der Waals surface area (Å²) in [5.41, 5.74) is -0.517. The predicted octanol–water partition coefficient (Wildman–Crippen LogP) is 5.97. The van der Waals surface area contributed by atoms with Crippen molar-refractivity contribution in [3.8, 4) is 0 Å². The maximum Gasteiger partial charge on any atom is 0.309 e. The first-order valence-electron chi connectivity index (χ1n) is 11.6. The average molecular weight is 383 g/mol. The zero-order valence-corrected chi connectivity index (χ0v) is 17.7. The highest BCUT2D eigenvalue weighted by molar-refractivity contribution is 5.75. The van der Waals surface area contributed by atoms with Gasteiger partial charge in [0.1, 0.15) is 0 Å². The van der Waals surface area contributed by atoms with Gasteiger partial charge in [0, 0.05) is 13.2 Å². The topological polar surface area (TPSA) is 55.8 Å². The molecule has 4 nitrogen and oxygen atoms in total. The second kappa shape index (κ2) is 12.1. The normalized spacial score (nSPS) is 31.7. The van der Waals surface area contributed by atoms with Crippen LogP contribution in [0.15, 0.2) is 0 Å². The zero-order valence-electron chi connectivity index (χ0n) is 17.7. The third-order valence-corrected chi connectivity index (χ3v) is 6.87. The quantitative estimate of drug-likeness (QED) is 0.422. The Labute approximate surface area is 166 Å². The van der Waals surface area contributed by atoms with Crippen LogP contribution in [-0.4, -0.2) is 36.5 Å². The molecule has 2 rings (SSSR count). The fourth-order valence-electron chi connectivity index (χ4n) is 5.09. The Hall–Kier alpha value is -0.610. The lowest BCUT2D eigenvalue weighted by Gasteiger charge is -2.44. The molecule has 0 unspecified atom stereocenters. The highest BCUT2D eigenvalue weighted by Gasteiger charge is 2.48. The van der Waals surface area contributed by atoms with Gasteiger partial charge in [0.15, 0.2) is 0 Å². The molecule has 0 aromatic carbocycles. The SMILES string of the molecule is CCCCCCCOC1CCC(C(=O)O)(C2CCC(OCCC)CC2)CC1. The summed E-state index contributed by atoms with van der Waals surface area (Å²) in [6.07, 6.45) is 15.4. The molecule has 1 N–H and O–H groups in total. The van der Waals surface area contributed by atoms with Gasteiger partial charge in [-0.2, -0.15) is 0 Å². The van der Waals surface area contributed by atoms with E-state index in [-0.39, 0.29) is 6.10 Å². The highest BCUT2D eigenvalue weighted by Crippen LogP contribution is 2.49. The van der Waals surface area contributed by atoms with Crippen LogP contribution in [-0.2, 0) is 14.3 Å². The molecule has 2 saturated carbocycles. The van der Waals surface area contributed by atoms with Gasteiger partial charge in [-0.05, 0) is 70.1 Å². The number of hydrogen-bond donors (Lipinski definition) is 1. The van der Waals surface area contributed by atoms with Crippen molar-refractivity contribution < 1.29 is 19.4 Å². The molecule has 0 radical (unpaired) electrons. The van der Waals surface area contributed by atoms with Gasteiger partial charge in [-0.1, -0.05) is 39.5 Å². The fraction of sp³-hybridized carbons (Fsp3) is 0.957. The summed E-state index contributed by atoms with van der Waals surface area (Å²) in [7, 11) is 0. The Morgan fingerprint density at radius 1 is 0.815 bits per heavy atom. The molecule has 0 aromatic rings. The molecule has 2 aliphatic rings. The van der Waals surface area contributed by atoms with Crippen LogP contribution in [0.4, 0.5) is 0 Å². The van der Waals surface area contributed by atoms with Gasteiger partial charge >= 0.3 is 5.97 Å². The van der Waals surface area contributed by atoms with E-state index < -0.39 is 11.4 Å². The van der Waals surface area contributed by atoms with Gasteiger partial charge in [-0.15, -0.1) is 0 Å². The van der Waals surface area contributed by atoms with E-state index in [1.54, 1.807) is 0 Å². The lowest BCUT2D eigenvalue weighted by molar-refractivity contribution is -0.160. The number of aliphatic carboxylic acids is 1. The molecule has 2 aliphatic carbocycles. The van der Waals surface area contributed by atoms with Crippen LogP contribution in [0.3, 0.4) is 0 Å². The molecule has 27 heavy (non-hydrogen) atoms. The molecule has 0 spiro atoms. The van der Waals surface area contributed by atoms with Crippen molar-refractivity contribution in [3.05, 3.63) is 0 Å². The van der Waals surface area contributed by atoms with E-state index in [4.69, 9.17) is 9.47 Å². The third kappa shape index (κ3) is 6.74. The Morgan fingerprint density at radius 3 is 2.00 bits per heavy atom. The van der Waals surface area contributed by atoms with Gasteiger partial charge in [0.25, 0.3) is 0 Å². The molecule has 158 valence electrons. The number of rotatable bonds is 12. The summed E-state index contributed by atoms with van der Waals surface area (Å²) in [6, 6.07) is 0. The maximum atomic E-state index is 12.2. The number of carboxylic acids is 1. The van der Waals surface area contributed by atoms with Crippen LogP contribution in [0.1, 0.15) is 104 Å². The van der Waals surface area contributed by atoms with Crippen molar-refractivity contribution in [2.24, 2.45) is 11.3 Å². The number of carbonyl (C=O) groups is 1. The van der Waals surface area contributed by atoms with Crippen molar-refractivity contribution in [1.29, 1.82) is 0 Å². The minimum Gasteiger partial charge on any atom is -0.481 e. The third-order valence-electron chi connectivity index (χ3n) is 6.87. The largest absolute Gasteiger partial charge is 0.481 e. The summed E-state index contributed by atoms with van der Waals surface area (Å²) in [5, 5.41) is 10.1. The molecule has 0 aromatic heterocycles. The van der Waals surface area contributed by atoms with Gasteiger partial charge in [0.05, 0.1) is 17.6 Å². The molecule has 0 amide bonds. The first-order valence-corrected chi connectivity index (χ1v) is 11.6. The van der Waals surface area contributed by atoms with Crippen molar-refractivity contribution in [3.63, 3.8) is 0 Å². The van der Waals surface area contributed by atoms with Gasteiger partial charge in [-0.3, -0.25) is 4.79 Å². The number of carboxylic acid groups (broad SMARTS) is 1. The van der Waals surface area contributed by atoms with E-state index in [1.807, 2.05) is 0 Å². The smallest absolute Gasteiger partial charge is 0.309 e. The fourth-order valence-corrected chi connectivity index (χ4v) is 5.09. The second-order valence-electron chi connectivity index (χ2n) is 8.79. The summed E-state index contributed by atoms with van der Waals surface area (Å²) >= 11 is 0. The maximum absolute atomic E-state index is 12.2. The van der Waals surface area contributed by atoms with Crippen LogP contribution in [0, 0.1) is 11.3 Å². The predicted molar refractivity (Wildman–Crippen MR) is 109 cm³/mol. The van der Waals surface area contributed by atoms with E-state index in [0.717, 1.165) is 77.4 Å². The first-order chi connectivity index (χ1) is 13.1. The number of unbranched alkanes of at least 4 members (excludes halogenated alkanes) is 4. The monoisotopic (exact) mass is 382 g/mol. The molecule has 0 aliphatic heterocycles. The van der Waals surface area contributed by atoms with E-state index >= 15 is 0 Å². The van der Waals surface area contributed by atoms with E-state index in [1.165, 1.54) is 25.7 Å². The molecule has 0 heterocycles. The number of hydrogen-bond acceptors (Lipinski definition) is 3. The summed E-state index contributed by atoms with van der Waals surface area (Å²) in [5.74, 6) is -0.259. The van der Waals surface area contributed by atoms with Crippen molar-refractivity contribution in [2.45, 2.75) is 116 Å². The Bertz CT molecular complexity index is 407. The van der Waals surface area contributed by atoms with Crippen LogP contribution in [0.25, 0.3) is 0 Å². The van der Waals surface area contributed by atoms with E-state index in [9.17, 15) is 9.90 Å². The minimum absolute atomic E-state index is 0.271. The molecule has 0 bridgehead atoms. The summed E-state index contributed by atoms with van der Waals surface area (Å²) in [4.78, 5) is 12.2. The molecular formula is C23H42O4. The van der Waals surface area contributed by atoms with Crippen LogP contribution >= 0.6 is 0 Å². The lowest BCUT2D eigenvalue weighted by Crippen LogP contribution is -2.45. The van der Waals surface area contributed by atoms with Crippen LogP contribution in [0.2, 0.25) is 0 Å². The van der Waals surface area contributed by atoms with Crippen molar-refractivity contribution in [2.75, 3.05) is 13.2 Å². The van der Waals surface area contributed by atoms with Crippen LogP contribution < -0.4 is 0 Å². The highest BCUT2D eigenvalue weighted by atomic mass is 16.5. The second-order valence-corrected chi connectivity index (χ2v) is 8.79. The van der Waals surface area contributed by atoms with Crippen molar-refractivity contribution in [1.82, 2.24) is 0 Å². The zero-order chi connectivity index (χ0) is 19.5. The number of ether oxygens (including phenoxy) is 2. The minimum atomic E-state index is -0.571. The summed E-state index contributed by atoms with van der Waals surface area (Å²) < 4.78 is 12.0. The van der Waals surface area contributed by atoms with Gasteiger partial charge in [-0.25, -0.2) is 0 Å². The Balaban J connectivity index is 1.74. The standard InChI is InChI=1S/C23H42O4/c1-3-5-6-7-8-18-27-21-13-15-23(16-14-21,22(24)25)19-9-11-20(12-10-19)26-17-4-2/h19-21H,3-18H2,1-2H3,(H,24,25). The first kappa shape index (κ1) is 22.7. The molecule has 0 atom stereocenters. The molecule has 2 fully saturated rings. The molecular weight excluding hydrogens is 340 g/mol. The molecule has 4 heteroatoms. The van der Waals surface area contributed by atoms with E-state index in [2.05, 4.69) is 13.8 Å². The van der Waals surface area contributed by atoms with Crippen molar-refractivity contribution >= 4 is 5.97 Å². The summed E-state index contributed by atoms with van der Waals surface area (Å²) in [6.45, 7) is 6.04. The van der Waals surface area contributed by atoms with Gasteiger partial charge < -0.3 is 14.6 Å². The Morgan fingerprint density at radius 2 is 1.41 bits per heavy atom. The average Bonchev–Trinajstić information content (AvgIpc) is 2.70. The Kier molecular flexibility index (Phi) is 10.1. The lowest BCUT2D eigenvalue weighted by atomic mass is 9.61.